The molecule has 1 aliphatic heterocycles. The van der Waals surface area contributed by atoms with Crippen LogP contribution in [-0.4, -0.2) is 51.4 Å². The number of rotatable bonds is 4. The van der Waals surface area contributed by atoms with Crippen LogP contribution in [-0.2, 0) is 16.1 Å². The second kappa shape index (κ2) is 8.01. The van der Waals surface area contributed by atoms with Crippen LogP contribution in [0.1, 0.15) is 0 Å². The van der Waals surface area contributed by atoms with E-state index in [0.717, 1.165) is 4.68 Å². The number of nitrogens with one attached hydrogen (secondary N) is 1. The van der Waals surface area contributed by atoms with E-state index in [2.05, 4.69) is 10.4 Å². The number of carbonyl (C=O) groups excluding carboxylic acids is 1. The molecule has 0 bridgehead atoms. The molecule has 3 heterocycles. The van der Waals surface area contributed by atoms with Gasteiger partial charge in [0.2, 0.25) is 11.6 Å². The van der Waals surface area contributed by atoms with Crippen LogP contribution < -0.4 is 15.9 Å². The zero-order valence-corrected chi connectivity index (χ0v) is 17.2. The van der Waals surface area contributed by atoms with Crippen molar-refractivity contribution in [1.29, 1.82) is 0 Å². The van der Waals surface area contributed by atoms with E-state index in [-0.39, 0.29) is 12.5 Å². The largest absolute Gasteiger partial charge is 0.378 e. The van der Waals surface area contributed by atoms with Gasteiger partial charge in [-0.25, -0.2) is 18.9 Å². The molecule has 0 spiro atoms. The SMILES string of the molecule is O=C(Cn1nc2c(N3CCOCC3)nc3ccccc3n2c1=O)Nc1cccc(Cl)c1. The minimum absolute atomic E-state index is 0.232. The topological polar surface area (TPSA) is 93.8 Å². The predicted molar refractivity (Wildman–Crippen MR) is 118 cm³/mol. The summed E-state index contributed by atoms with van der Waals surface area (Å²) in [7, 11) is 0. The molecule has 1 N–H and O–H groups in total. The van der Waals surface area contributed by atoms with E-state index in [4.69, 9.17) is 21.3 Å². The number of anilines is 2. The van der Waals surface area contributed by atoms with E-state index < -0.39 is 5.69 Å². The standard InChI is InChI=1S/C21H19ClN6O3/c22-14-4-3-5-15(12-14)23-18(29)13-27-21(30)28-17-7-2-1-6-16(17)24-19(20(28)25-27)26-8-10-31-11-9-26/h1-7,12H,8-11,13H2,(H,23,29). The fourth-order valence-corrected chi connectivity index (χ4v) is 3.86. The van der Waals surface area contributed by atoms with Gasteiger partial charge < -0.3 is 15.0 Å². The minimum atomic E-state index is -0.399. The van der Waals surface area contributed by atoms with Crippen LogP contribution in [0, 0.1) is 0 Å². The lowest BCUT2D eigenvalue weighted by Crippen LogP contribution is -2.37. The number of morpholine rings is 1. The molecule has 1 amide bonds. The summed E-state index contributed by atoms with van der Waals surface area (Å²) in [6, 6.07) is 14.2. The lowest BCUT2D eigenvalue weighted by Gasteiger charge is -2.27. The van der Waals surface area contributed by atoms with Gasteiger partial charge in [0.15, 0.2) is 5.82 Å². The van der Waals surface area contributed by atoms with Crippen LogP contribution in [0.2, 0.25) is 5.02 Å². The van der Waals surface area contributed by atoms with Crippen LogP contribution in [0.25, 0.3) is 16.7 Å². The summed E-state index contributed by atoms with van der Waals surface area (Å²) in [6.07, 6.45) is 0. The van der Waals surface area contributed by atoms with Crippen molar-refractivity contribution in [3.8, 4) is 0 Å². The van der Waals surface area contributed by atoms with Crippen molar-refractivity contribution < 1.29 is 9.53 Å². The summed E-state index contributed by atoms with van der Waals surface area (Å²) in [5.41, 5.74) is 1.89. The molecule has 2 aromatic heterocycles. The van der Waals surface area contributed by atoms with Crippen molar-refractivity contribution >= 4 is 45.7 Å². The maximum atomic E-state index is 13.2. The lowest BCUT2D eigenvalue weighted by atomic mass is 10.3. The van der Waals surface area contributed by atoms with Gasteiger partial charge in [0.25, 0.3) is 0 Å². The first-order chi connectivity index (χ1) is 15.1. The summed E-state index contributed by atoms with van der Waals surface area (Å²) < 4.78 is 8.12. The third-order valence-corrected chi connectivity index (χ3v) is 5.34. The van der Waals surface area contributed by atoms with Crippen LogP contribution in [0.3, 0.4) is 0 Å². The van der Waals surface area contributed by atoms with Crippen LogP contribution >= 0.6 is 11.6 Å². The van der Waals surface area contributed by atoms with Crippen molar-refractivity contribution in [3.63, 3.8) is 0 Å². The molecule has 1 saturated heterocycles. The summed E-state index contributed by atoms with van der Waals surface area (Å²) in [5, 5.41) is 7.72. The summed E-state index contributed by atoms with van der Waals surface area (Å²) in [6.45, 7) is 2.22. The Bertz CT molecular complexity index is 1340. The molecule has 158 valence electrons. The van der Waals surface area contributed by atoms with E-state index in [1.165, 1.54) is 4.40 Å². The molecule has 31 heavy (non-hydrogen) atoms. The molecule has 4 aromatic rings. The Morgan fingerprint density at radius 2 is 1.94 bits per heavy atom. The molecule has 0 unspecified atom stereocenters. The Balaban J connectivity index is 1.56. The fourth-order valence-electron chi connectivity index (χ4n) is 3.67. The van der Waals surface area contributed by atoms with E-state index in [1.54, 1.807) is 24.3 Å². The van der Waals surface area contributed by atoms with Gasteiger partial charge in [-0.3, -0.25) is 4.79 Å². The van der Waals surface area contributed by atoms with Crippen molar-refractivity contribution in [3.05, 3.63) is 64.0 Å². The Morgan fingerprint density at radius 1 is 1.13 bits per heavy atom. The molecule has 1 aliphatic rings. The van der Waals surface area contributed by atoms with Gasteiger partial charge in [0.1, 0.15) is 6.54 Å². The molecule has 10 heteroatoms. The van der Waals surface area contributed by atoms with Crippen molar-refractivity contribution in [2.45, 2.75) is 6.54 Å². The van der Waals surface area contributed by atoms with E-state index >= 15 is 0 Å². The molecule has 1 fully saturated rings. The molecule has 2 aromatic carbocycles. The van der Waals surface area contributed by atoms with Gasteiger partial charge in [0.05, 0.1) is 24.2 Å². The summed E-state index contributed by atoms with van der Waals surface area (Å²) in [5.74, 6) is 0.228. The first-order valence-corrected chi connectivity index (χ1v) is 10.2. The number of ether oxygens (including phenoxy) is 1. The summed E-state index contributed by atoms with van der Waals surface area (Å²) in [4.78, 5) is 32.6. The van der Waals surface area contributed by atoms with Gasteiger partial charge >= 0.3 is 5.69 Å². The van der Waals surface area contributed by atoms with Crippen LogP contribution in [0.4, 0.5) is 11.5 Å². The Kier molecular flexibility index (Phi) is 5.05. The van der Waals surface area contributed by atoms with Gasteiger partial charge in [-0.15, -0.1) is 5.10 Å². The van der Waals surface area contributed by atoms with Gasteiger partial charge in [-0.05, 0) is 30.3 Å². The van der Waals surface area contributed by atoms with E-state index in [1.807, 2.05) is 29.2 Å². The van der Waals surface area contributed by atoms with E-state index in [9.17, 15) is 9.59 Å². The zero-order chi connectivity index (χ0) is 21.4. The fraction of sp³-hybridized carbons (Fsp3) is 0.238. The molecule has 0 atom stereocenters. The molecular formula is C21H19ClN6O3. The Labute approximate surface area is 181 Å². The highest BCUT2D eigenvalue weighted by Crippen LogP contribution is 2.23. The monoisotopic (exact) mass is 438 g/mol. The maximum Gasteiger partial charge on any atom is 0.351 e. The second-order valence-electron chi connectivity index (χ2n) is 7.18. The summed E-state index contributed by atoms with van der Waals surface area (Å²) >= 11 is 5.97. The molecule has 0 radical (unpaired) electrons. The number of benzene rings is 2. The quantitative estimate of drug-likeness (QED) is 0.525. The Hall–Kier alpha value is -3.43. The third-order valence-electron chi connectivity index (χ3n) is 5.10. The predicted octanol–water partition coefficient (Wildman–Crippen LogP) is 2.17. The molecule has 0 saturated carbocycles. The van der Waals surface area contributed by atoms with Gasteiger partial charge in [0, 0.05) is 23.8 Å². The molecule has 0 aliphatic carbocycles. The molecule has 5 rings (SSSR count). The highest BCUT2D eigenvalue weighted by atomic mass is 35.5. The highest BCUT2D eigenvalue weighted by Gasteiger charge is 2.22. The third kappa shape index (κ3) is 3.73. The van der Waals surface area contributed by atoms with Crippen molar-refractivity contribution in [2.75, 3.05) is 36.5 Å². The normalized spacial score (nSPS) is 14.3. The number of fused-ring (bicyclic) bond motifs is 3. The number of hydrogen-bond acceptors (Lipinski definition) is 6. The van der Waals surface area contributed by atoms with Gasteiger partial charge in [-0.2, -0.15) is 0 Å². The Morgan fingerprint density at radius 3 is 2.74 bits per heavy atom. The van der Waals surface area contributed by atoms with Crippen LogP contribution in [0.5, 0.6) is 0 Å². The van der Waals surface area contributed by atoms with E-state index in [0.29, 0.717) is 59.5 Å². The number of aromatic nitrogens is 4. The van der Waals surface area contributed by atoms with Crippen LogP contribution in [0.15, 0.2) is 53.3 Å². The zero-order valence-electron chi connectivity index (χ0n) is 16.5. The second-order valence-corrected chi connectivity index (χ2v) is 7.62. The average molecular weight is 439 g/mol. The number of carbonyl (C=O) groups is 1. The number of nitrogens with zero attached hydrogens (tertiary/aromatic N) is 5. The number of hydrogen-bond donors (Lipinski definition) is 1. The minimum Gasteiger partial charge on any atom is -0.378 e. The van der Waals surface area contributed by atoms with Gasteiger partial charge in [-0.1, -0.05) is 29.8 Å². The average Bonchev–Trinajstić information content (AvgIpc) is 3.10. The smallest absolute Gasteiger partial charge is 0.351 e. The number of amides is 1. The maximum absolute atomic E-state index is 13.2. The first-order valence-electron chi connectivity index (χ1n) is 9.86. The molecule has 9 nitrogen and oxygen atoms in total. The first kappa shape index (κ1) is 19.5. The molecular weight excluding hydrogens is 420 g/mol. The van der Waals surface area contributed by atoms with Crippen molar-refractivity contribution in [1.82, 2.24) is 19.2 Å². The highest BCUT2D eigenvalue weighted by molar-refractivity contribution is 6.30. The lowest BCUT2D eigenvalue weighted by molar-refractivity contribution is -0.117. The number of para-hydroxylation sites is 2. The number of halogens is 1. The van der Waals surface area contributed by atoms with Crippen molar-refractivity contribution in [2.24, 2.45) is 0 Å².